The molecule has 1 aromatic heterocycles. The van der Waals surface area contributed by atoms with E-state index in [1.165, 1.54) is 0 Å². The fraction of sp³-hybridized carbons (Fsp3) is 0.857. The lowest BCUT2D eigenvalue weighted by atomic mass is 10.3. The summed E-state index contributed by atoms with van der Waals surface area (Å²) in [5.74, 6) is 1.30. The fourth-order valence-corrected chi connectivity index (χ4v) is 1.91. The van der Waals surface area contributed by atoms with Gasteiger partial charge in [0.2, 0.25) is 0 Å². The number of hydrogen-bond donors (Lipinski definition) is 1. The van der Waals surface area contributed by atoms with Gasteiger partial charge in [-0.3, -0.25) is 5.10 Å². The van der Waals surface area contributed by atoms with Crippen LogP contribution in [0.15, 0.2) is 0 Å². The molecule has 0 aliphatic carbocycles. The Morgan fingerprint density at radius 2 is 1.27 bits per heavy atom. The van der Waals surface area contributed by atoms with Gasteiger partial charge >= 0.3 is 0 Å². The van der Waals surface area contributed by atoms with Crippen LogP contribution in [0.3, 0.4) is 0 Å². The van der Waals surface area contributed by atoms with Crippen molar-refractivity contribution in [2.45, 2.75) is 26.1 Å². The third-order valence-corrected chi connectivity index (χ3v) is 3.20. The Balaban J connectivity index is 1.86. The lowest BCUT2D eigenvalue weighted by Gasteiger charge is -2.12. The summed E-state index contributed by atoms with van der Waals surface area (Å²) in [6, 6.07) is 0. The van der Waals surface area contributed by atoms with Crippen LogP contribution >= 0.6 is 0 Å². The van der Waals surface area contributed by atoms with E-state index in [0.717, 1.165) is 0 Å². The number of fused-ring (bicyclic) bond motifs is 2. The predicted molar refractivity (Wildman–Crippen MR) is 77.6 cm³/mol. The molecule has 22 heavy (non-hydrogen) atoms. The summed E-state index contributed by atoms with van der Waals surface area (Å²) in [4.78, 5) is 4.42. The summed E-state index contributed by atoms with van der Waals surface area (Å²) in [6.45, 7) is 8.04. The van der Waals surface area contributed by atoms with Gasteiger partial charge < -0.3 is 23.7 Å². The highest BCUT2D eigenvalue weighted by Gasteiger charge is 2.16. The van der Waals surface area contributed by atoms with E-state index < -0.39 is 0 Å². The fourth-order valence-electron chi connectivity index (χ4n) is 1.91. The van der Waals surface area contributed by atoms with Crippen molar-refractivity contribution in [2.75, 3.05) is 52.9 Å². The molecular formula is C14H25N3O5. The maximum atomic E-state index is 5.66. The van der Waals surface area contributed by atoms with E-state index >= 15 is 0 Å². The van der Waals surface area contributed by atoms with Gasteiger partial charge in [-0.25, -0.2) is 4.98 Å². The van der Waals surface area contributed by atoms with Gasteiger partial charge in [-0.15, -0.1) is 0 Å². The van der Waals surface area contributed by atoms with Crippen molar-refractivity contribution in [3.05, 3.63) is 11.6 Å². The molecule has 2 rings (SSSR count). The molecule has 1 aliphatic heterocycles. The smallest absolute Gasteiger partial charge is 0.179 e. The highest BCUT2D eigenvalue weighted by molar-refractivity contribution is 4.95. The minimum atomic E-state index is -0.195. The SMILES string of the molecule is C[C@@H]1OCCOCCOCCOCCO[C@@H](C)c2nc1n[nH]2. The first kappa shape index (κ1) is 17.3. The molecule has 0 aromatic carbocycles. The summed E-state index contributed by atoms with van der Waals surface area (Å²) in [7, 11) is 0. The van der Waals surface area contributed by atoms with Crippen molar-refractivity contribution in [3.63, 3.8) is 0 Å². The second-order valence-electron chi connectivity index (χ2n) is 4.94. The summed E-state index contributed by atoms with van der Waals surface area (Å²) >= 11 is 0. The molecule has 8 heteroatoms. The molecule has 1 N–H and O–H groups in total. The summed E-state index contributed by atoms with van der Waals surface area (Å²) in [5, 5.41) is 7.07. The topological polar surface area (TPSA) is 87.7 Å². The van der Waals surface area contributed by atoms with Crippen LogP contribution in [0.4, 0.5) is 0 Å². The zero-order chi connectivity index (χ0) is 15.6. The van der Waals surface area contributed by atoms with Gasteiger partial charge in [0.1, 0.15) is 12.2 Å². The molecular weight excluding hydrogens is 290 g/mol. The molecule has 2 atom stereocenters. The predicted octanol–water partition coefficient (Wildman–Crippen LogP) is 1.02. The standard InChI is InChI=1S/C14H25N3O5/c1-11-13-15-14(17-16-13)12(2)22-10-8-20-6-4-18-3-5-19-7-9-21-11/h11-12H,3-10H2,1-2H3,(H,15,16,17)/t11-,12-/m0/s1. The molecule has 0 saturated heterocycles. The number of hydrogen-bond acceptors (Lipinski definition) is 7. The number of aromatic amines is 1. The second-order valence-corrected chi connectivity index (χ2v) is 4.94. The van der Waals surface area contributed by atoms with E-state index in [1.807, 2.05) is 13.8 Å². The van der Waals surface area contributed by atoms with Gasteiger partial charge in [0.25, 0.3) is 0 Å². The third kappa shape index (κ3) is 5.98. The number of aromatic nitrogens is 3. The van der Waals surface area contributed by atoms with E-state index in [4.69, 9.17) is 23.7 Å². The maximum Gasteiger partial charge on any atom is 0.179 e. The number of rotatable bonds is 0. The van der Waals surface area contributed by atoms with Gasteiger partial charge in [0.05, 0.1) is 52.9 Å². The van der Waals surface area contributed by atoms with Crippen molar-refractivity contribution in [2.24, 2.45) is 0 Å². The van der Waals surface area contributed by atoms with Gasteiger partial charge in [0, 0.05) is 0 Å². The van der Waals surface area contributed by atoms with Crippen molar-refractivity contribution < 1.29 is 23.7 Å². The molecule has 1 aliphatic rings. The van der Waals surface area contributed by atoms with Crippen LogP contribution in [0.1, 0.15) is 37.7 Å². The molecule has 8 nitrogen and oxygen atoms in total. The molecule has 0 fully saturated rings. The maximum absolute atomic E-state index is 5.66. The van der Waals surface area contributed by atoms with E-state index in [2.05, 4.69) is 15.2 Å². The third-order valence-electron chi connectivity index (χ3n) is 3.20. The molecule has 0 radical (unpaired) electrons. The van der Waals surface area contributed by atoms with Crippen molar-refractivity contribution in [1.29, 1.82) is 0 Å². The van der Waals surface area contributed by atoms with Gasteiger partial charge in [-0.05, 0) is 13.8 Å². The van der Waals surface area contributed by atoms with E-state index in [9.17, 15) is 0 Å². The average Bonchev–Trinajstić information content (AvgIpc) is 3.00. The Hall–Kier alpha value is -1.06. The largest absolute Gasteiger partial charge is 0.377 e. The van der Waals surface area contributed by atoms with Crippen molar-refractivity contribution >= 4 is 0 Å². The zero-order valence-electron chi connectivity index (χ0n) is 13.2. The number of H-pyrrole nitrogens is 1. The van der Waals surface area contributed by atoms with Gasteiger partial charge in [-0.2, -0.15) is 5.10 Å². The molecule has 0 saturated carbocycles. The first-order chi connectivity index (χ1) is 10.8. The minimum absolute atomic E-state index is 0.171. The van der Waals surface area contributed by atoms with Crippen LogP contribution in [-0.4, -0.2) is 68.0 Å². The van der Waals surface area contributed by atoms with Crippen molar-refractivity contribution in [1.82, 2.24) is 15.2 Å². The normalized spacial score (nSPS) is 27.0. The lowest BCUT2D eigenvalue weighted by Crippen LogP contribution is -2.15. The number of nitrogens with one attached hydrogen (secondary N) is 1. The first-order valence-corrected chi connectivity index (χ1v) is 7.66. The molecule has 2 heterocycles. The van der Waals surface area contributed by atoms with E-state index in [-0.39, 0.29) is 12.2 Å². The zero-order valence-corrected chi connectivity index (χ0v) is 13.2. The number of nitrogens with zero attached hydrogens (tertiary/aromatic N) is 2. The highest BCUT2D eigenvalue weighted by Crippen LogP contribution is 2.16. The lowest BCUT2D eigenvalue weighted by molar-refractivity contribution is -0.0286. The first-order valence-electron chi connectivity index (χ1n) is 7.66. The van der Waals surface area contributed by atoms with Crippen LogP contribution in [-0.2, 0) is 23.7 Å². The summed E-state index contributed by atoms with van der Waals surface area (Å²) < 4.78 is 27.5. The molecule has 2 bridgehead atoms. The Kier molecular flexibility index (Phi) is 7.75. The van der Waals surface area contributed by atoms with Crippen LogP contribution in [0, 0.1) is 0 Å². The molecule has 0 amide bonds. The quantitative estimate of drug-likeness (QED) is 0.765. The second kappa shape index (κ2) is 9.86. The minimum Gasteiger partial charge on any atom is -0.377 e. The average molecular weight is 315 g/mol. The summed E-state index contributed by atoms with van der Waals surface area (Å²) in [6.07, 6.45) is -0.366. The van der Waals surface area contributed by atoms with Crippen LogP contribution in [0.2, 0.25) is 0 Å². The molecule has 0 unspecified atom stereocenters. The number of ether oxygens (including phenoxy) is 5. The molecule has 126 valence electrons. The Morgan fingerprint density at radius 1 is 0.773 bits per heavy atom. The molecule has 0 spiro atoms. The van der Waals surface area contributed by atoms with Crippen LogP contribution in [0.5, 0.6) is 0 Å². The Labute approximate surface area is 130 Å². The highest BCUT2D eigenvalue weighted by atomic mass is 16.6. The van der Waals surface area contributed by atoms with Crippen LogP contribution in [0.25, 0.3) is 0 Å². The van der Waals surface area contributed by atoms with E-state index in [1.54, 1.807) is 0 Å². The summed E-state index contributed by atoms with van der Waals surface area (Å²) in [5.41, 5.74) is 0. The molecule has 1 aromatic rings. The van der Waals surface area contributed by atoms with E-state index in [0.29, 0.717) is 64.5 Å². The van der Waals surface area contributed by atoms with Crippen LogP contribution < -0.4 is 0 Å². The monoisotopic (exact) mass is 315 g/mol. The Bertz CT molecular complexity index is 380. The van der Waals surface area contributed by atoms with Gasteiger partial charge in [-0.1, -0.05) is 0 Å². The Morgan fingerprint density at radius 3 is 1.86 bits per heavy atom. The van der Waals surface area contributed by atoms with Gasteiger partial charge in [0.15, 0.2) is 11.6 Å². The van der Waals surface area contributed by atoms with Crippen molar-refractivity contribution in [3.8, 4) is 0 Å².